The van der Waals surface area contributed by atoms with Crippen LogP contribution in [0.2, 0.25) is 0 Å². The number of hydrogen-bond donors (Lipinski definition) is 1. The highest BCUT2D eigenvalue weighted by Gasteiger charge is 2.27. The Morgan fingerprint density at radius 1 is 1.00 bits per heavy atom. The fraction of sp³-hybridized carbons (Fsp3) is 0.300. The van der Waals surface area contributed by atoms with Gasteiger partial charge >= 0.3 is 5.97 Å². The van der Waals surface area contributed by atoms with E-state index in [9.17, 15) is 9.59 Å². The highest BCUT2D eigenvalue weighted by Crippen LogP contribution is 2.21. The number of nitrogens with one attached hydrogen (secondary N) is 1. The molecule has 1 amide bonds. The summed E-state index contributed by atoms with van der Waals surface area (Å²) in [6.07, 6.45) is 0.754. The van der Waals surface area contributed by atoms with E-state index < -0.39 is 12.0 Å². The SMILES string of the molecule is CCC(C)C(NC(=O)c1ccc(Oc2ccccc2)cc1)C(=O)OC. The third-order valence-corrected chi connectivity index (χ3v) is 4.05. The van der Waals surface area contributed by atoms with Gasteiger partial charge in [-0.3, -0.25) is 4.79 Å². The van der Waals surface area contributed by atoms with Crippen molar-refractivity contribution in [3.63, 3.8) is 0 Å². The number of hydrogen-bond acceptors (Lipinski definition) is 4. The van der Waals surface area contributed by atoms with Crippen LogP contribution < -0.4 is 10.1 Å². The topological polar surface area (TPSA) is 64.6 Å². The lowest BCUT2D eigenvalue weighted by Crippen LogP contribution is -2.45. The van der Waals surface area contributed by atoms with Crippen LogP contribution in [-0.4, -0.2) is 25.0 Å². The second kappa shape index (κ2) is 8.87. The molecule has 132 valence electrons. The third-order valence-electron chi connectivity index (χ3n) is 4.05. The van der Waals surface area contributed by atoms with E-state index >= 15 is 0 Å². The Balaban J connectivity index is 2.05. The van der Waals surface area contributed by atoms with Crippen molar-refractivity contribution in [1.29, 1.82) is 0 Å². The largest absolute Gasteiger partial charge is 0.467 e. The Morgan fingerprint density at radius 2 is 1.60 bits per heavy atom. The van der Waals surface area contributed by atoms with Crippen molar-refractivity contribution in [3.8, 4) is 11.5 Å². The van der Waals surface area contributed by atoms with E-state index in [0.717, 1.165) is 12.2 Å². The molecule has 0 saturated heterocycles. The van der Waals surface area contributed by atoms with Gasteiger partial charge in [0.1, 0.15) is 17.5 Å². The second-order valence-corrected chi connectivity index (χ2v) is 5.80. The van der Waals surface area contributed by atoms with Crippen LogP contribution in [-0.2, 0) is 9.53 Å². The number of carbonyl (C=O) groups is 2. The quantitative estimate of drug-likeness (QED) is 0.778. The van der Waals surface area contributed by atoms with Crippen molar-refractivity contribution in [1.82, 2.24) is 5.32 Å². The van der Waals surface area contributed by atoms with Crippen molar-refractivity contribution in [2.45, 2.75) is 26.3 Å². The molecule has 2 rings (SSSR count). The highest BCUT2D eigenvalue weighted by atomic mass is 16.5. The van der Waals surface area contributed by atoms with E-state index in [0.29, 0.717) is 11.3 Å². The minimum Gasteiger partial charge on any atom is -0.467 e. The van der Waals surface area contributed by atoms with E-state index in [1.807, 2.05) is 44.2 Å². The smallest absolute Gasteiger partial charge is 0.328 e. The predicted molar refractivity (Wildman–Crippen MR) is 95.7 cm³/mol. The molecule has 2 atom stereocenters. The minimum absolute atomic E-state index is 0.0166. The fourth-order valence-electron chi connectivity index (χ4n) is 2.32. The number of amides is 1. The molecule has 0 aromatic heterocycles. The van der Waals surface area contributed by atoms with E-state index in [1.165, 1.54) is 7.11 Å². The zero-order valence-electron chi connectivity index (χ0n) is 14.7. The zero-order valence-corrected chi connectivity index (χ0v) is 14.7. The first-order valence-electron chi connectivity index (χ1n) is 8.26. The first-order valence-corrected chi connectivity index (χ1v) is 8.26. The maximum atomic E-state index is 12.4. The summed E-state index contributed by atoms with van der Waals surface area (Å²) in [7, 11) is 1.32. The molecule has 1 N–H and O–H groups in total. The lowest BCUT2D eigenvalue weighted by atomic mass is 9.99. The average Bonchev–Trinajstić information content (AvgIpc) is 2.66. The van der Waals surface area contributed by atoms with Gasteiger partial charge in [-0.15, -0.1) is 0 Å². The van der Waals surface area contributed by atoms with Crippen molar-refractivity contribution >= 4 is 11.9 Å². The van der Waals surface area contributed by atoms with Crippen molar-refractivity contribution in [3.05, 3.63) is 60.2 Å². The summed E-state index contributed by atoms with van der Waals surface area (Å²) in [6, 6.07) is 15.5. The molecule has 5 heteroatoms. The van der Waals surface area contributed by atoms with E-state index in [1.54, 1.807) is 24.3 Å². The summed E-state index contributed by atoms with van der Waals surface area (Å²) in [5.41, 5.74) is 0.456. The number of benzene rings is 2. The van der Waals surface area contributed by atoms with Crippen LogP contribution in [0, 0.1) is 5.92 Å². The van der Waals surface area contributed by atoms with Crippen LogP contribution in [0.25, 0.3) is 0 Å². The average molecular weight is 341 g/mol. The van der Waals surface area contributed by atoms with E-state index in [2.05, 4.69) is 5.32 Å². The lowest BCUT2D eigenvalue weighted by Gasteiger charge is -2.21. The molecule has 2 unspecified atom stereocenters. The van der Waals surface area contributed by atoms with E-state index in [-0.39, 0.29) is 11.8 Å². The Bertz CT molecular complexity index is 697. The lowest BCUT2D eigenvalue weighted by molar-refractivity contribution is -0.144. The summed E-state index contributed by atoms with van der Waals surface area (Å²) in [6.45, 7) is 3.86. The number of carbonyl (C=O) groups excluding carboxylic acids is 2. The molecule has 0 spiro atoms. The molecular formula is C20H23NO4. The monoisotopic (exact) mass is 341 g/mol. The van der Waals surface area contributed by atoms with Gasteiger partial charge < -0.3 is 14.8 Å². The number of esters is 1. The Morgan fingerprint density at radius 3 is 2.16 bits per heavy atom. The van der Waals surface area contributed by atoms with Gasteiger partial charge in [-0.25, -0.2) is 4.79 Å². The summed E-state index contributed by atoms with van der Waals surface area (Å²) in [4.78, 5) is 24.3. The van der Waals surface area contributed by atoms with Gasteiger partial charge in [-0.05, 0) is 42.3 Å². The van der Waals surface area contributed by atoms with Crippen LogP contribution in [0.5, 0.6) is 11.5 Å². The van der Waals surface area contributed by atoms with Gasteiger partial charge in [0.05, 0.1) is 7.11 Å². The number of para-hydroxylation sites is 1. The number of methoxy groups -OCH3 is 1. The third kappa shape index (κ3) is 5.08. The van der Waals surface area contributed by atoms with Crippen molar-refractivity contribution in [2.75, 3.05) is 7.11 Å². The molecule has 0 aliphatic carbocycles. The molecule has 0 fully saturated rings. The molecule has 0 radical (unpaired) electrons. The standard InChI is InChI=1S/C20H23NO4/c1-4-14(2)18(20(23)24-3)21-19(22)15-10-12-17(13-11-15)25-16-8-6-5-7-9-16/h5-14,18H,4H2,1-3H3,(H,21,22). The fourth-order valence-corrected chi connectivity index (χ4v) is 2.32. The zero-order chi connectivity index (χ0) is 18.2. The summed E-state index contributed by atoms with van der Waals surface area (Å²) < 4.78 is 10.5. The van der Waals surface area contributed by atoms with Gasteiger partial charge in [0.25, 0.3) is 5.91 Å². The molecule has 2 aromatic rings. The molecule has 0 saturated carbocycles. The molecule has 5 nitrogen and oxygen atoms in total. The van der Waals surface area contributed by atoms with Gasteiger partial charge in [-0.2, -0.15) is 0 Å². The highest BCUT2D eigenvalue weighted by molar-refractivity contribution is 5.96. The van der Waals surface area contributed by atoms with Gasteiger partial charge in [-0.1, -0.05) is 38.5 Å². The van der Waals surface area contributed by atoms with Crippen LogP contribution >= 0.6 is 0 Å². The molecular weight excluding hydrogens is 318 g/mol. The molecule has 25 heavy (non-hydrogen) atoms. The summed E-state index contributed by atoms with van der Waals surface area (Å²) in [5, 5.41) is 2.75. The van der Waals surface area contributed by atoms with Crippen LogP contribution in [0.4, 0.5) is 0 Å². The van der Waals surface area contributed by atoms with E-state index in [4.69, 9.17) is 9.47 Å². The molecule has 0 aliphatic heterocycles. The summed E-state index contributed by atoms with van der Waals surface area (Å²) in [5.74, 6) is 0.585. The van der Waals surface area contributed by atoms with Gasteiger partial charge in [0, 0.05) is 5.56 Å². The molecule has 0 heterocycles. The maximum Gasteiger partial charge on any atom is 0.328 e. The van der Waals surface area contributed by atoms with Gasteiger partial charge in [0.2, 0.25) is 0 Å². The molecule has 0 bridgehead atoms. The normalized spacial score (nSPS) is 12.8. The Kier molecular flexibility index (Phi) is 6.57. The number of rotatable bonds is 7. The van der Waals surface area contributed by atoms with Crippen LogP contribution in [0.1, 0.15) is 30.6 Å². The van der Waals surface area contributed by atoms with Crippen LogP contribution in [0.3, 0.4) is 0 Å². The predicted octanol–water partition coefficient (Wildman–Crippen LogP) is 3.80. The first kappa shape index (κ1) is 18.5. The molecule has 0 aliphatic rings. The first-order chi connectivity index (χ1) is 12.0. The van der Waals surface area contributed by atoms with Crippen molar-refractivity contribution < 1.29 is 19.1 Å². The number of ether oxygens (including phenoxy) is 2. The Labute approximate surface area is 148 Å². The molecule has 2 aromatic carbocycles. The minimum atomic E-state index is -0.664. The second-order valence-electron chi connectivity index (χ2n) is 5.80. The Hall–Kier alpha value is -2.82. The van der Waals surface area contributed by atoms with Crippen LogP contribution in [0.15, 0.2) is 54.6 Å². The van der Waals surface area contributed by atoms with Crippen molar-refractivity contribution in [2.24, 2.45) is 5.92 Å². The van der Waals surface area contributed by atoms with Gasteiger partial charge in [0.15, 0.2) is 0 Å². The maximum absolute atomic E-state index is 12.4. The summed E-state index contributed by atoms with van der Waals surface area (Å²) >= 11 is 0.